The lowest BCUT2D eigenvalue weighted by molar-refractivity contribution is 0.0146. The first-order valence-corrected chi connectivity index (χ1v) is 11.2. The Morgan fingerprint density at radius 1 is 1.21 bits per heavy atom. The fourth-order valence-electron chi connectivity index (χ4n) is 4.47. The van der Waals surface area contributed by atoms with Gasteiger partial charge in [0.1, 0.15) is 5.69 Å². The van der Waals surface area contributed by atoms with Crippen molar-refractivity contribution in [1.29, 1.82) is 0 Å². The molecule has 0 bridgehead atoms. The summed E-state index contributed by atoms with van der Waals surface area (Å²) in [5, 5.41) is 15.6. The number of hydrogen-bond acceptors (Lipinski definition) is 7. The molecule has 1 unspecified atom stereocenters. The molecule has 0 radical (unpaired) electrons. The highest BCUT2D eigenvalue weighted by molar-refractivity contribution is 6.02. The molecule has 3 N–H and O–H groups in total. The Hall–Kier alpha value is -3.24. The number of rotatable bonds is 5. The van der Waals surface area contributed by atoms with E-state index in [9.17, 15) is 14.7 Å². The third kappa shape index (κ3) is 4.11. The van der Waals surface area contributed by atoms with E-state index in [0.29, 0.717) is 17.8 Å². The molecule has 5 rings (SSSR count). The number of carbonyl (C=O) groups excluding carboxylic acids is 2. The molecule has 2 aromatic rings. The molecule has 1 atom stereocenters. The van der Waals surface area contributed by atoms with Crippen LogP contribution in [0.3, 0.4) is 0 Å². The smallest absolute Gasteiger partial charge is 0.269 e. The van der Waals surface area contributed by atoms with Gasteiger partial charge in [-0.2, -0.15) is 0 Å². The highest BCUT2D eigenvalue weighted by Gasteiger charge is 2.42. The first-order valence-electron chi connectivity index (χ1n) is 11.2. The largest absolute Gasteiger partial charge is 0.368 e. The number of halogens is 1. The van der Waals surface area contributed by atoms with Gasteiger partial charge in [0.2, 0.25) is 6.35 Å². The van der Waals surface area contributed by atoms with Crippen molar-refractivity contribution >= 4 is 23.2 Å². The number of pyridine rings is 1. The SMILES string of the molecule is CNC(=O)c1ccc(N2CCN(Cc3ccc4c(c3F)NC(O)N(C3CC3)C4=O)CC2)cn1. The zero-order chi connectivity index (χ0) is 23.1. The summed E-state index contributed by atoms with van der Waals surface area (Å²) < 4.78 is 15.3. The van der Waals surface area contributed by atoms with Crippen molar-refractivity contribution in [2.45, 2.75) is 31.8 Å². The molecule has 0 spiro atoms. The van der Waals surface area contributed by atoms with Crippen molar-refractivity contribution in [3.63, 3.8) is 0 Å². The van der Waals surface area contributed by atoms with Gasteiger partial charge in [0.25, 0.3) is 11.8 Å². The van der Waals surface area contributed by atoms with Crippen LogP contribution in [0.1, 0.15) is 39.3 Å². The second-order valence-electron chi connectivity index (χ2n) is 8.67. The maximum atomic E-state index is 15.3. The lowest BCUT2D eigenvalue weighted by atomic mass is 10.0. The van der Waals surface area contributed by atoms with Crippen molar-refractivity contribution in [3.8, 4) is 0 Å². The quantitative estimate of drug-likeness (QED) is 0.624. The van der Waals surface area contributed by atoms with Crippen LogP contribution in [0.25, 0.3) is 0 Å². The summed E-state index contributed by atoms with van der Waals surface area (Å²) in [7, 11) is 1.57. The van der Waals surface area contributed by atoms with Gasteiger partial charge < -0.3 is 20.6 Å². The molecule has 10 heteroatoms. The molecule has 1 aliphatic carbocycles. The number of nitrogens with one attached hydrogen (secondary N) is 2. The lowest BCUT2D eigenvalue weighted by Gasteiger charge is -2.37. The van der Waals surface area contributed by atoms with Crippen LogP contribution >= 0.6 is 0 Å². The van der Waals surface area contributed by atoms with Gasteiger partial charge in [0.05, 0.1) is 23.1 Å². The minimum Gasteiger partial charge on any atom is -0.368 e. The summed E-state index contributed by atoms with van der Waals surface area (Å²) in [6.07, 6.45) is 2.22. The van der Waals surface area contributed by atoms with Crippen LogP contribution in [0.4, 0.5) is 15.8 Å². The number of hydrogen-bond donors (Lipinski definition) is 3. The molecule has 33 heavy (non-hydrogen) atoms. The van der Waals surface area contributed by atoms with Crippen LogP contribution in [0.2, 0.25) is 0 Å². The summed E-state index contributed by atoms with van der Waals surface area (Å²) in [5.74, 6) is -1.02. The molecule has 1 saturated carbocycles. The van der Waals surface area contributed by atoms with Gasteiger partial charge in [-0.05, 0) is 31.0 Å². The monoisotopic (exact) mass is 454 g/mol. The molecule has 9 nitrogen and oxygen atoms in total. The van der Waals surface area contributed by atoms with Crippen molar-refractivity contribution in [2.24, 2.45) is 0 Å². The Morgan fingerprint density at radius 3 is 2.61 bits per heavy atom. The van der Waals surface area contributed by atoms with E-state index < -0.39 is 12.2 Å². The van der Waals surface area contributed by atoms with Crippen LogP contribution < -0.4 is 15.5 Å². The summed E-state index contributed by atoms with van der Waals surface area (Å²) in [4.78, 5) is 34.3. The Labute approximate surface area is 191 Å². The number of aliphatic hydroxyl groups is 1. The fraction of sp³-hybridized carbons (Fsp3) is 0.435. The third-order valence-electron chi connectivity index (χ3n) is 6.50. The number of nitrogens with zero attached hydrogens (tertiary/aromatic N) is 4. The zero-order valence-electron chi connectivity index (χ0n) is 18.4. The van der Waals surface area contributed by atoms with Crippen molar-refractivity contribution in [2.75, 3.05) is 43.4 Å². The fourth-order valence-corrected chi connectivity index (χ4v) is 4.47. The molecule has 1 aromatic carbocycles. The first kappa shape index (κ1) is 21.6. The minimum atomic E-state index is -1.20. The van der Waals surface area contributed by atoms with Gasteiger partial charge >= 0.3 is 0 Å². The predicted molar refractivity (Wildman–Crippen MR) is 120 cm³/mol. The third-order valence-corrected chi connectivity index (χ3v) is 6.50. The van der Waals surface area contributed by atoms with E-state index in [2.05, 4.69) is 25.4 Å². The predicted octanol–water partition coefficient (Wildman–Crippen LogP) is 1.21. The Morgan fingerprint density at radius 2 is 1.97 bits per heavy atom. The average molecular weight is 455 g/mol. The molecule has 2 aliphatic heterocycles. The summed E-state index contributed by atoms with van der Waals surface area (Å²) >= 11 is 0. The second-order valence-corrected chi connectivity index (χ2v) is 8.67. The van der Waals surface area contributed by atoms with Crippen molar-refractivity contribution < 1.29 is 19.1 Å². The molecule has 3 heterocycles. The van der Waals surface area contributed by atoms with E-state index in [1.54, 1.807) is 31.4 Å². The molecule has 1 aromatic heterocycles. The Bertz CT molecular complexity index is 1070. The van der Waals surface area contributed by atoms with Crippen LogP contribution in [-0.2, 0) is 6.54 Å². The van der Waals surface area contributed by atoms with Crippen molar-refractivity contribution in [1.82, 2.24) is 20.1 Å². The molecule has 1 saturated heterocycles. The lowest BCUT2D eigenvalue weighted by Crippen LogP contribution is -2.50. The van der Waals surface area contributed by atoms with E-state index >= 15 is 4.39 Å². The molecule has 2 amide bonds. The van der Waals surface area contributed by atoms with Crippen LogP contribution in [0.5, 0.6) is 0 Å². The topological polar surface area (TPSA) is 101 Å². The number of piperazine rings is 1. The molecule has 2 fully saturated rings. The molecule has 174 valence electrons. The summed E-state index contributed by atoms with van der Waals surface area (Å²) in [6, 6.07) is 6.94. The maximum Gasteiger partial charge on any atom is 0.269 e. The van der Waals surface area contributed by atoms with Gasteiger partial charge in [-0.15, -0.1) is 0 Å². The number of aliphatic hydroxyl groups excluding tert-OH is 1. The number of amides is 2. The first-order chi connectivity index (χ1) is 16.0. The highest BCUT2D eigenvalue weighted by atomic mass is 19.1. The van der Waals surface area contributed by atoms with E-state index in [1.165, 1.54) is 4.90 Å². The van der Waals surface area contributed by atoms with E-state index in [-0.39, 0.29) is 29.1 Å². The second kappa shape index (κ2) is 8.60. The maximum absolute atomic E-state index is 15.3. The Kier molecular flexibility index (Phi) is 5.63. The van der Waals surface area contributed by atoms with Crippen LogP contribution in [-0.4, -0.2) is 77.3 Å². The molecule has 3 aliphatic rings. The average Bonchev–Trinajstić information content (AvgIpc) is 3.66. The highest BCUT2D eigenvalue weighted by Crippen LogP contribution is 2.36. The van der Waals surface area contributed by atoms with E-state index in [1.807, 2.05) is 6.07 Å². The molecular formula is C23H27FN6O3. The van der Waals surface area contributed by atoms with E-state index in [0.717, 1.165) is 44.7 Å². The van der Waals surface area contributed by atoms with Gasteiger partial charge in [-0.25, -0.2) is 9.37 Å². The van der Waals surface area contributed by atoms with Crippen LogP contribution in [0, 0.1) is 5.82 Å². The van der Waals surface area contributed by atoms with Crippen molar-refractivity contribution in [3.05, 3.63) is 53.1 Å². The van der Waals surface area contributed by atoms with Gasteiger partial charge in [-0.3, -0.25) is 19.4 Å². The normalized spacial score (nSPS) is 20.9. The number of aromatic nitrogens is 1. The molecular weight excluding hydrogens is 427 g/mol. The number of benzene rings is 1. The zero-order valence-corrected chi connectivity index (χ0v) is 18.4. The standard InChI is InChI=1S/C23H27FN6O3/c1-25-21(31)18-7-5-16(12-26-18)29-10-8-28(9-11-29)13-14-2-6-17-20(19(14)24)27-23(33)30(22(17)32)15-3-4-15/h2,5-7,12,15,23,27,33H,3-4,8-11,13H2,1H3,(H,25,31). The summed E-state index contributed by atoms with van der Waals surface area (Å²) in [6.45, 7) is 3.38. The van der Waals surface area contributed by atoms with E-state index in [4.69, 9.17) is 0 Å². The van der Waals surface area contributed by atoms with Gasteiger partial charge in [0, 0.05) is 51.4 Å². The van der Waals surface area contributed by atoms with Crippen LogP contribution in [0.15, 0.2) is 30.5 Å². The Balaban J connectivity index is 1.23. The number of fused-ring (bicyclic) bond motifs is 1. The number of anilines is 2. The number of carbonyl (C=O) groups is 2. The van der Waals surface area contributed by atoms with Gasteiger partial charge in [0.15, 0.2) is 5.82 Å². The van der Waals surface area contributed by atoms with Gasteiger partial charge in [-0.1, -0.05) is 6.07 Å². The minimum absolute atomic E-state index is 0.0300. The summed E-state index contributed by atoms with van der Waals surface area (Å²) in [5.41, 5.74) is 2.17.